The van der Waals surface area contributed by atoms with Crippen LogP contribution < -0.4 is 0 Å². The van der Waals surface area contributed by atoms with Gasteiger partial charge in [0.2, 0.25) is 0 Å². The average Bonchev–Trinajstić information content (AvgIpc) is 2.55. The third kappa shape index (κ3) is 5.46. The van der Waals surface area contributed by atoms with E-state index in [-0.39, 0.29) is 17.6 Å². The summed E-state index contributed by atoms with van der Waals surface area (Å²) in [7, 11) is 0. The zero-order chi connectivity index (χ0) is 18.6. The number of carboxylic acid groups (broad SMARTS) is 1. The Labute approximate surface area is 153 Å². The molecule has 25 heavy (non-hydrogen) atoms. The molecule has 0 unspecified atom stereocenters. The normalized spacial score (nSPS) is 12.6. The van der Waals surface area contributed by atoms with E-state index in [1.165, 1.54) is 11.8 Å². The van der Waals surface area contributed by atoms with Gasteiger partial charge in [-0.3, -0.25) is 9.59 Å². The summed E-state index contributed by atoms with van der Waals surface area (Å²) < 4.78 is 0. The SMILES string of the molecule is Cc1ccc(S[C@@H](CC(=O)c2ccc(C(C)(C)C)cc2)C(=O)O)cc1. The Morgan fingerprint density at radius 2 is 1.56 bits per heavy atom. The highest BCUT2D eigenvalue weighted by Crippen LogP contribution is 2.28. The number of hydrogen-bond donors (Lipinski definition) is 1. The number of rotatable bonds is 6. The molecule has 0 aliphatic rings. The van der Waals surface area contributed by atoms with Crippen LogP contribution in [0.15, 0.2) is 53.4 Å². The minimum absolute atomic E-state index is 0.0203. The van der Waals surface area contributed by atoms with E-state index < -0.39 is 11.2 Å². The molecular weight excluding hydrogens is 332 g/mol. The largest absolute Gasteiger partial charge is 0.480 e. The zero-order valence-electron chi connectivity index (χ0n) is 15.1. The van der Waals surface area contributed by atoms with E-state index in [1.54, 1.807) is 12.1 Å². The van der Waals surface area contributed by atoms with Crippen molar-refractivity contribution in [3.63, 3.8) is 0 Å². The summed E-state index contributed by atoms with van der Waals surface area (Å²) in [5.74, 6) is -1.11. The van der Waals surface area contributed by atoms with Gasteiger partial charge in [-0.25, -0.2) is 0 Å². The standard InChI is InChI=1S/C21H24O3S/c1-14-5-11-17(12-6-14)25-19(20(23)24)13-18(22)15-7-9-16(10-8-15)21(2,3)4/h5-12,19H,13H2,1-4H3,(H,23,24)/t19-/m0/s1. The molecule has 0 saturated heterocycles. The number of carboxylic acids is 1. The summed E-state index contributed by atoms with van der Waals surface area (Å²) in [6.45, 7) is 8.32. The highest BCUT2D eigenvalue weighted by atomic mass is 32.2. The van der Waals surface area contributed by atoms with Gasteiger partial charge in [-0.1, -0.05) is 62.7 Å². The minimum atomic E-state index is -0.967. The molecule has 4 heteroatoms. The predicted molar refractivity (Wildman–Crippen MR) is 103 cm³/mol. The van der Waals surface area contributed by atoms with Gasteiger partial charge < -0.3 is 5.11 Å². The first kappa shape index (κ1) is 19.3. The van der Waals surface area contributed by atoms with Crippen LogP contribution in [-0.2, 0) is 10.2 Å². The smallest absolute Gasteiger partial charge is 0.317 e. The van der Waals surface area contributed by atoms with Gasteiger partial charge in [-0.15, -0.1) is 11.8 Å². The highest BCUT2D eigenvalue weighted by Gasteiger charge is 2.23. The van der Waals surface area contributed by atoms with Crippen LogP contribution in [0.1, 0.15) is 48.7 Å². The van der Waals surface area contributed by atoms with Crippen molar-refractivity contribution in [1.82, 2.24) is 0 Å². The summed E-state index contributed by atoms with van der Waals surface area (Å²) in [4.78, 5) is 24.9. The van der Waals surface area contributed by atoms with Gasteiger partial charge in [0.25, 0.3) is 0 Å². The lowest BCUT2D eigenvalue weighted by atomic mass is 9.86. The first-order chi connectivity index (χ1) is 11.7. The molecule has 132 valence electrons. The number of thioether (sulfide) groups is 1. The Morgan fingerprint density at radius 3 is 2.04 bits per heavy atom. The summed E-state index contributed by atoms with van der Waals surface area (Å²) in [6.07, 6.45) is -0.0251. The number of benzene rings is 2. The second kappa shape index (κ2) is 7.87. The number of carbonyl (C=O) groups is 2. The molecule has 0 aromatic heterocycles. The zero-order valence-corrected chi connectivity index (χ0v) is 15.9. The van der Waals surface area contributed by atoms with E-state index in [0.717, 1.165) is 16.0 Å². The molecule has 2 rings (SSSR count). The number of aliphatic carboxylic acids is 1. The Balaban J connectivity index is 2.09. The van der Waals surface area contributed by atoms with E-state index in [0.29, 0.717) is 5.56 Å². The van der Waals surface area contributed by atoms with Crippen molar-refractivity contribution in [3.05, 3.63) is 65.2 Å². The van der Waals surface area contributed by atoms with Gasteiger partial charge in [-0.05, 0) is 30.0 Å². The fourth-order valence-electron chi connectivity index (χ4n) is 2.40. The maximum absolute atomic E-state index is 12.5. The van der Waals surface area contributed by atoms with Crippen molar-refractivity contribution in [3.8, 4) is 0 Å². The van der Waals surface area contributed by atoms with Crippen LogP contribution in [-0.4, -0.2) is 22.1 Å². The molecule has 0 spiro atoms. The maximum Gasteiger partial charge on any atom is 0.317 e. The van der Waals surface area contributed by atoms with Crippen molar-refractivity contribution >= 4 is 23.5 Å². The van der Waals surface area contributed by atoms with Crippen molar-refractivity contribution in [2.24, 2.45) is 0 Å². The van der Waals surface area contributed by atoms with E-state index in [2.05, 4.69) is 20.8 Å². The molecule has 0 aliphatic heterocycles. The molecular formula is C21H24O3S. The third-order valence-corrected chi connectivity index (χ3v) is 5.22. The summed E-state index contributed by atoms with van der Waals surface area (Å²) in [6, 6.07) is 15.1. The van der Waals surface area contributed by atoms with E-state index in [1.807, 2.05) is 43.3 Å². The fourth-order valence-corrected chi connectivity index (χ4v) is 3.36. The van der Waals surface area contributed by atoms with Crippen LogP contribution in [0.25, 0.3) is 0 Å². The van der Waals surface area contributed by atoms with Crippen molar-refractivity contribution in [1.29, 1.82) is 0 Å². The van der Waals surface area contributed by atoms with E-state index >= 15 is 0 Å². The Hall–Kier alpha value is -2.07. The Kier molecular flexibility index (Phi) is 6.07. The van der Waals surface area contributed by atoms with Crippen LogP contribution >= 0.6 is 11.8 Å². The molecule has 0 fully saturated rings. The van der Waals surface area contributed by atoms with Crippen molar-refractivity contribution in [2.45, 2.75) is 49.7 Å². The van der Waals surface area contributed by atoms with Gasteiger partial charge in [-0.2, -0.15) is 0 Å². The van der Waals surface area contributed by atoms with Crippen LogP contribution in [0.2, 0.25) is 0 Å². The van der Waals surface area contributed by atoms with E-state index in [4.69, 9.17) is 0 Å². The van der Waals surface area contributed by atoms with Crippen molar-refractivity contribution in [2.75, 3.05) is 0 Å². The second-order valence-corrected chi connectivity index (χ2v) is 8.49. The van der Waals surface area contributed by atoms with Crippen LogP contribution in [0, 0.1) is 6.92 Å². The van der Waals surface area contributed by atoms with Gasteiger partial charge in [0.1, 0.15) is 5.25 Å². The van der Waals surface area contributed by atoms with E-state index in [9.17, 15) is 14.7 Å². The van der Waals surface area contributed by atoms with Gasteiger partial charge in [0, 0.05) is 16.9 Å². The quantitative estimate of drug-likeness (QED) is 0.577. The number of aryl methyl sites for hydroxylation is 1. The lowest BCUT2D eigenvalue weighted by molar-refractivity contribution is -0.136. The molecule has 0 heterocycles. The molecule has 1 N–H and O–H groups in total. The highest BCUT2D eigenvalue weighted by molar-refractivity contribution is 8.00. The third-order valence-electron chi connectivity index (χ3n) is 4.02. The minimum Gasteiger partial charge on any atom is -0.480 e. The molecule has 0 radical (unpaired) electrons. The molecule has 2 aromatic carbocycles. The fraction of sp³-hybridized carbons (Fsp3) is 0.333. The number of Topliss-reactive ketones (excluding diaryl/α,β-unsaturated/α-hetero) is 1. The first-order valence-corrected chi connectivity index (χ1v) is 9.14. The first-order valence-electron chi connectivity index (χ1n) is 8.26. The number of carbonyl (C=O) groups excluding carboxylic acids is 1. The summed E-state index contributed by atoms with van der Waals surface area (Å²) in [5, 5.41) is 8.67. The average molecular weight is 356 g/mol. The van der Waals surface area contributed by atoms with Crippen LogP contribution in [0.4, 0.5) is 0 Å². The van der Waals surface area contributed by atoms with Gasteiger partial charge in [0.15, 0.2) is 5.78 Å². The predicted octanol–water partition coefficient (Wildman–Crippen LogP) is 5.11. The molecule has 2 aromatic rings. The van der Waals surface area contributed by atoms with Gasteiger partial charge >= 0.3 is 5.97 Å². The molecule has 3 nitrogen and oxygen atoms in total. The molecule has 1 atom stereocenters. The van der Waals surface area contributed by atoms with Crippen LogP contribution in [0.3, 0.4) is 0 Å². The molecule has 0 amide bonds. The van der Waals surface area contributed by atoms with Crippen LogP contribution in [0.5, 0.6) is 0 Å². The Morgan fingerprint density at radius 1 is 1.00 bits per heavy atom. The summed E-state index contributed by atoms with van der Waals surface area (Å²) >= 11 is 1.22. The van der Waals surface area contributed by atoms with Gasteiger partial charge in [0.05, 0.1) is 0 Å². The molecule has 0 aliphatic carbocycles. The lowest BCUT2D eigenvalue weighted by Crippen LogP contribution is -2.20. The monoisotopic (exact) mass is 356 g/mol. The summed E-state index contributed by atoms with van der Waals surface area (Å²) in [5.41, 5.74) is 2.84. The maximum atomic E-state index is 12.5. The molecule has 0 saturated carbocycles. The number of ketones is 1. The lowest BCUT2D eigenvalue weighted by Gasteiger charge is -2.19. The van der Waals surface area contributed by atoms with Crippen molar-refractivity contribution < 1.29 is 14.7 Å². The second-order valence-electron chi connectivity index (χ2n) is 7.21. The topological polar surface area (TPSA) is 54.4 Å². The Bertz CT molecular complexity index is 740. The number of hydrogen-bond acceptors (Lipinski definition) is 3. The molecule has 0 bridgehead atoms.